The quantitative estimate of drug-likeness (QED) is 0.730. The van der Waals surface area contributed by atoms with Crippen molar-refractivity contribution in [2.24, 2.45) is 5.92 Å². The van der Waals surface area contributed by atoms with Crippen LogP contribution < -0.4 is 5.32 Å². The van der Waals surface area contributed by atoms with Crippen LogP contribution in [0.2, 0.25) is 0 Å². The lowest BCUT2D eigenvalue weighted by molar-refractivity contribution is -0.142. The van der Waals surface area contributed by atoms with E-state index in [0.29, 0.717) is 39.1 Å². The van der Waals surface area contributed by atoms with Crippen molar-refractivity contribution in [2.75, 3.05) is 39.3 Å². The number of carbonyl (C=O) groups excluding carboxylic acids is 3. The van der Waals surface area contributed by atoms with E-state index in [-0.39, 0.29) is 42.3 Å². The molecule has 0 spiro atoms. The molecule has 0 aromatic carbocycles. The van der Waals surface area contributed by atoms with Gasteiger partial charge in [-0.1, -0.05) is 6.92 Å². The normalized spacial score (nSPS) is 27.6. The first-order chi connectivity index (χ1) is 14.0. The summed E-state index contributed by atoms with van der Waals surface area (Å²) in [4.78, 5) is 42.4. The average Bonchev–Trinajstić information content (AvgIpc) is 3.26. The smallest absolute Gasteiger partial charge is 0.237 e. The number of piperazine rings is 1. The third kappa shape index (κ3) is 5.27. The topological polar surface area (TPSA) is 96.8 Å². The molecule has 3 rings (SSSR count). The number of hydrogen-bond donors (Lipinski definition) is 1. The summed E-state index contributed by atoms with van der Waals surface area (Å²) >= 11 is 0. The molecule has 8 heteroatoms. The zero-order chi connectivity index (χ0) is 20.8. The van der Waals surface area contributed by atoms with Crippen LogP contribution >= 0.6 is 0 Å². The number of rotatable bonds is 5. The van der Waals surface area contributed by atoms with Crippen molar-refractivity contribution in [1.82, 2.24) is 20.0 Å². The zero-order valence-electron chi connectivity index (χ0n) is 17.4. The average molecular weight is 404 g/mol. The van der Waals surface area contributed by atoms with Gasteiger partial charge in [-0.25, -0.2) is 0 Å². The van der Waals surface area contributed by atoms with Crippen molar-refractivity contribution >= 4 is 17.7 Å². The second-order valence-corrected chi connectivity index (χ2v) is 8.36. The minimum absolute atomic E-state index is 0.00625. The van der Waals surface area contributed by atoms with Gasteiger partial charge in [0.25, 0.3) is 0 Å². The summed E-state index contributed by atoms with van der Waals surface area (Å²) in [6.07, 6.45) is 5.64. The fraction of sp³-hybridized carbons (Fsp3) is 0.810. The van der Waals surface area contributed by atoms with Crippen molar-refractivity contribution in [3.8, 4) is 6.07 Å². The first-order valence-electron chi connectivity index (χ1n) is 11.0. The van der Waals surface area contributed by atoms with E-state index in [4.69, 9.17) is 5.26 Å². The van der Waals surface area contributed by atoms with E-state index < -0.39 is 0 Å². The molecule has 2 aliphatic heterocycles. The van der Waals surface area contributed by atoms with Crippen LogP contribution in [0.15, 0.2) is 0 Å². The Morgan fingerprint density at radius 1 is 0.931 bits per heavy atom. The van der Waals surface area contributed by atoms with E-state index in [1.165, 1.54) is 0 Å². The van der Waals surface area contributed by atoms with Crippen LogP contribution in [0.4, 0.5) is 0 Å². The maximum Gasteiger partial charge on any atom is 0.237 e. The summed E-state index contributed by atoms with van der Waals surface area (Å²) in [6.45, 7) is 5.36. The number of nitriles is 1. The third-order valence-corrected chi connectivity index (χ3v) is 6.59. The van der Waals surface area contributed by atoms with Crippen LogP contribution in [-0.4, -0.2) is 83.8 Å². The van der Waals surface area contributed by atoms with E-state index >= 15 is 0 Å². The number of amides is 3. The van der Waals surface area contributed by atoms with Gasteiger partial charge in [-0.05, 0) is 38.5 Å². The van der Waals surface area contributed by atoms with Crippen molar-refractivity contribution in [3.05, 3.63) is 0 Å². The summed E-state index contributed by atoms with van der Waals surface area (Å²) in [5.74, 6) is 0.441. The number of nitrogens with one attached hydrogen (secondary N) is 1. The van der Waals surface area contributed by atoms with E-state index in [2.05, 4.69) is 11.4 Å². The Balaban J connectivity index is 1.37. The highest BCUT2D eigenvalue weighted by molar-refractivity contribution is 5.80. The molecule has 160 valence electrons. The van der Waals surface area contributed by atoms with Gasteiger partial charge < -0.3 is 20.0 Å². The predicted octanol–water partition coefficient (Wildman–Crippen LogP) is 0.730. The minimum Gasteiger partial charge on any atom is -0.339 e. The van der Waals surface area contributed by atoms with Crippen molar-refractivity contribution in [3.63, 3.8) is 0 Å². The molecule has 2 saturated heterocycles. The molecular weight excluding hydrogens is 370 g/mol. The van der Waals surface area contributed by atoms with Crippen molar-refractivity contribution in [1.29, 1.82) is 5.26 Å². The van der Waals surface area contributed by atoms with E-state index in [9.17, 15) is 14.4 Å². The van der Waals surface area contributed by atoms with Gasteiger partial charge in [0.05, 0.1) is 12.6 Å². The van der Waals surface area contributed by atoms with Gasteiger partial charge in [0, 0.05) is 51.1 Å². The molecule has 0 radical (unpaired) electrons. The van der Waals surface area contributed by atoms with E-state index in [1.807, 2.05) is 16.7 Å². The number of likely N-dealkylation sites (tertiary alicyclic amines) is 1. The van der Waals surface area contributed by atoms with E-state index in [1.54, 1.807) is 4.90 Å². The Morgan fingerprint density at radius 2 is 1.59 bits per heavy atom. The highest BCUT2D eigenvalue weighted by atomic mass is 16.2. The summed E-state index contributed by atoms with van der Waals surface area (Å²) in [5.41, 5.74) is 0. The molecule has 1 atom stereocenters. The molecule has 3 fully saturated rings. The van der Waals surface area contributed by atoms with Crippen LogP contribution in [0.3, 0.4) is 0 Å². The summed E-state index contributed by atoms with van der Waals surface area (Å²) in [5, 5.41) is 12.5. The third-order valence-electron chi connectivity index (χ3n) is 6.59. The van der Waals surface area contributed by atoms with Crippen LogP contribution in [0.1, 0.15) is 51.9 Å². The maximum absolute atomic E-state index is 12.8. The lowest BCUT2D eigenvalue weighted by Crippen LogP contribution is -2.52. The molecule has 0 aromatic heterocycles. The second-order valence-electron chi connectivity index (χ2n) is 8.36. The fourth-order valence-electron chi connectivity index (χ4n) is 4.74. The van der Waals surface area contributed by atoms with Gasteiger partial charge in [0.2, 0.25) is 17.7 Å². The molecule has 1 N–H and O–H groups in total. The Hall–Kier alpha value is -2.14. The second kappa shape index (κ2) is 10.1. The van der Waals surface area contributed by atoms with Crippen molar-refractivity contribution in [2.45, 2.75) is 64.0 Å². The molecule has 0 unspecified atom stereocenters. The highest BCUT2D eigenvalue weighted by Crippen LogP contribution is 2.26. The standard InChI is InChI=1S/C21H33N5O3/c1-2-19(27)24-10-12-25(13-11-24)21(29)16-5-7-17(8-6-16)23-15-20(28)26-9-3-4-18(26)14-22/h16-18,23H,2-13,15H2,1H3/t16-,17-,18-/m0/s1. The molecular formula is C21H33N5O3. The predicted molar refractivity (Wildman–Crippen MR) is 108 cm³/mol. The van der Waals surface area contributed by atoms with Crippen LogP contribution in [0.25, 0.3) is 0 Å². The first kappa shape index (κ1) is 21.6. The molecule has 29 heavy (non-hydrogen) atoms. The highest BCUT2D eigenvalue weighted by Gasteiger charge is 2.33. The molecule has 0 bridgehead atoms. The lowest BCUT2D eigenvalue weighted by atomic mass is 9.85. The number of hydrogen-bond acceptors (Lipinski definition) is 5. The SMILES string of the molecule is CCC(=O)N1CCN(C(=O)[C@H]2CC[C@H](NCC(=O)N3CCC[C@H]3C#N)CC2)CC1. The van der Waals surface area contributed by atoms with Gasteiger partial charge in [0.1, 0.15) is 6.04 Å². The number of nitrogens with zero attached hydrogens (tertiary/aromatic N) is 4. The first-order valence-corrected chi connectivity index (χ1v) is 11.0. The molecule has 1 aliphatic carbocycles. The molecule has 0 aromatic rings. The van der Waals surface area contributed by atoms with Crippen LogP contribution in [0, 0.1) is 17.2 Å². The van der Waals surface area contributed by atoms with Gasteiger partial charge in [0.15, 0.2) is 0 Å². The Morgan fingerprint density at radius 3 is 2.21 bits per heavy atom. The van der Waals surface area contributed by atoms with Gasteiger partial charge in [-0.2, -0.15) is 5.26 Å². The molecule has 3 amide bonds. The summed E-state index contributed by atoms with van der Waals surface area (Å²) in [6, 6.07) is 2.19. The lowest BCUT2D eigenvalue weighted by Gasteiger charge is -2.38. The van der Waals surface area contributed by atoms with Crippen molar-refractivity contribution < 1.29 is 14.4 Å². The van der Waals surface area contributed by atoms with Crippen LogP contribution in [0.5, 0.6) is 0 Å². The largest absolute Gasteiger partial charge is 0.339 e. The maximum atomic E-state index is 12.8. The zero-order valence-corrected chi connectivity index (χ0v) is 17.4. The minimum atomic E-state index is -0.272. The fourth-order valence-corrected chi connectivity index (χ4v) is 4.74. The van der Waals surface area contributed by atoms with Gasteiger partial charge in [-0.3, -0.25) is 14.4 Å². The van der Waals surface area contributed by atoms with Crippen LogP contribution in [-0.2, 0) is 14.4 Å². The Bertz CT molecular complexity index is 645. The molecule has 3 aliphatic rings. The Kier molecular flexibility index (Phi) is 7.48. The summed E-state index contributed by atoms with van der Waals surface area (Å²) < 4.78 is 0. The molecule has 1 saturated carbocycles. The van der Waals surface area contributed by atoms with Gasteiger partial charge in [-0.15, -0.1) is 0 Å². The monoisotopic (exact) mass is 403 g/mol. The van der Waals surface area contributed by atoms with E-state index in [0.717, 1.165) is 38.5 Å². The number of carbonyl (C=O) groups is 3. The molecule has 8 nitrogen and oxygen atoms in total. The molecule has 2 heterocycles. The summed E-state index contributed by atoms with van der Waals surface area (Å²) in [7, 11) is 0. The van der Waals surface area contributed by atoms with Gasteiger partial charge >= 0.3 is 0 Å². The Labute approximate surface area is 173 Å².